The van der Waals surface area contributed by atoms with E-state index >= 15 is 0 Å². The average Bonchev–Trinajstić information content (AvgIpc) is 3.36. The first-order valence-electron chi connectivity index (χ1n) is 8.47. The molecule has 2 amide bonds. The van der Waals surface area contributed by atoms with E-state index in [9.17, 15) is 9.59 Å². The molecule has 0 unspecified atom stereocenters. The number of thioether (sulfide) groups is 1. The van der Waals surface area contributed by atoms with Crippen LogP contribution in [-0.4, -0.2) is 28.6 Å². The van der Waals surface area contributed by atoms with Crippen molar-refractivity contribution < 1.29 is 9.59 Å². The summed E-state index contributed by atoms with van der Waals surface area (Å²) in [6.45, 7) is 0. The zero-order valence-corrected chi connectivity index (χ0v) is 16.6. The van der Waals surface area contributed by atoms with E-state index in [1.165, 1.54) is 23.1 Å². The number of carbonyl (C=O) groups excluding carboxylic acids is 2. The number of rotatable bonds is 6. The molecule has 27 heavy (non-hydrogen) atoms. The van der Waals surface area contributed by atoms with Crippen LogP contribution in [0, 0.1) is 0 Å². The van der Waals surface area contributed by atoms with Crippen LogP contribution in [0.1, 0.15) is 23.2 Å². The largest absolute Gasteiger partial charge is 0.353 e. The third-order valence-electron chi connectivity index (χ3n) is 4.01. The minimum Gasteiger partial charge on any atom is -0.353 e. The first-order chi connectivity index (χ1) is 13.1. The summed E-state index contributed by atoms with van der Waals surface area (Å²) in [5.41, 5.74) is 1.96. The third kappa shape index (κ3) is 4.61. The summed E-state index contributed by atoms with van der Waals surface area (Å²) in [6, 6.07) is 12.9. The Morgan fingerprint density at radius 1 is 1.22 bits per heavy atom. The third-order valence-corrected chi connectivity index (χ3v) is 6.51. The van der Waals surface area contributed by atoms with Crippen molar-refractivity contribution in [3.63, 3.8) is 0 Å². The van der Waals surface area contributed by atoms with Crippen LogP contribution in [-0.2, 0) is 4.79 Å². The van der Waals surface area contributed by atoms with E-state index in [0.29, 0.717) is 28.1 Å². The Morgan fingerprint density at radius 3 is 2.81 bits per heavy atom. The number of thiazole rings is 1. The van der Waals surface area contributed by atoms with Gasteiger partial charge in [0.2, 0.25) is 5.91 Å². The fourth-order valence-corrected chi connectivity index (χ4v) is 4.65. The number of amides is 2. The molecule has 1 aliphatic carbocycles. The molecule has 1 saturated carbocycles. The summed E-state index contributed by atoms with van der Waals surface area (Å²) in [6.07, 6.45) is 2.17. The van der Waals surface area contributed by atoms with Crippen molar-refractivity contribution in [2.24, 2.45) is 0 Å². The van der Waals surface area contributed by atoms with Gasteiger partial charge in [-0.15, -0.1) is 11.3 Å². The van der Waals surface area contributed by atoms with Gasteiger partial charge in [-0.3, -0.25) is 9.59 Å². The van der Waals surface area contributed by atoms with Gasteiger partial charge in [0, 0.05) is 11.7 Å². The number of aromatic nitrogens is 1. The Hall–Kier alpha value is -2.09. The molecule has 5 nitrogen and oxygen atoms in total. The number of benzene rings is 2. The van der Waals surface area contributed by atoms with Gasteiger partial charge in [0.25, 0.3) is 5.91 Å². The van der Waals surface area contributed by atoms with Crippen LogP contribution in [0.5, 0.6) is 0 Å². The molecule has 4 rings (SSSR count). The molecule has 0 bridgehead atoms. The number of nitrogens with one attached hydrogen (secondary N) is 2. The van der Waals surface area contributed by atoms with Crippen molar-refractivity contribution in [2.45, 2.75) is 23.2 Å². The SMILES string of the molecule is O=C(CSc1nc2ccc(NC(=O)c3ccccc3Cl)cc2s1)NC1CC1. The summed E-state index contributed by atoms with van der Waals surface area (Å²) in [4.78, 5) is 28.7. The number of halogens is 1. The van der Waals surface area contributed by atoms with Gasteiger partial charge in [-0.25, -0.2) is 4.98 Å². The van der Waals surface area contributed by atoms with Gasteiger partial charge >= 0.3 is 0 Å². The second-order valence-corrected chi connectivity index (χ2v) is 8.89. The molecule has 0 spiro atoms. The predicted molar refractivity (Wildman–Crippen MR) is 111 cm³/mol. The molecule has 0 radical (unpaired) electrons. The van der Waals surface area contributed by atoms with Crippen LogP contribution >= 0.6 is 34.7 Å². The Kier molecular flexibility index (Phi) is 5.33. The van der Waals surface area contributed by atoms with Crippen molar-refractivity contribution in [1.29, 1.82) is 0 Å². The molecule has 1 aromatic heterocycles. The van der Waals surface area contributed by atoms with Gasteiger partial charge < -0.3 is 10.6 Å². The maximum Gasteiger partial charge on any atom is 0.257 e. The molecule has 1 aliphatic rings. The van der Waals surface area contributed by atoms with Crippen LogP contribution in [0.15, 0.2) is 46.8 Å². The summed E-state index contributed by atoms with van der Waals surface area (Å²) < 4.78 is 1.79. The highest BCUT2D eigenvalue weighted by molar-refractivity contribution is 8.01. The van der Waals surface area contributed by atoms with Crippen LogP contribution < -0.4 is 10.6 Å². The summed E-state index contributed by atoms with van der Waals surface area (Å²) in [5, 5.41) is 6.25. The van der Waals surface area contributed by atoms with Gasteiger partial charge in [-0.05, 0) is 43.2 Å². The number of nitrogens with zero attached hydrogens (tertiary/aromatic N) is 1. The lowest BCUT2D eigenvalue weighted by Crippen LogP contribution is -2.26. The zero-order valence-electron chi connectivity index (χ0n) is 14.2. The highest BCUT2D eigenvalue weighted by atomic mass is 35.5. The fourth-order valence-electron chi connectivity index (χ4n) is 2.51. The van der Waals surface area contributed by atoms with E-state index in [1.807, 2.05) is 18.2 Å². The molecule has 3 aromatic rings. The van der Waals surface area contributed by atoms with E-state index in [2.05, 4.69) is 15.6 Å². The van der Waals surface area contributed by atoms with Crippen LogP contribution in [0.4, 0.5) is 5.69 Å². The number of fused-ring (bicyclic) bond motifs is 1. The van der Waals surface area contributed by atoms with E-state index in [0.717, 1.165) is 27.4 Å². The first kappa shape index (κ1) is 18.3. The molecular formula is C19H16ClN3O2S2. The topological polar surface area (TPSA) is 71.1 Å². The quantitative estimate of drug-likeness (QED) is 0.576. The second kappa shape index (κ2) is 7.88. The number of carbonyl (C=O) groups is 2. The lowest BCUT2D eigenvalue weighted by Gasteiger charge is -2.06. The van der Waals surface area contributed by atoms with Crippen molar-refractivity contribution in [3.05, 3.63) is 53.1 Å². The number of anilines is 1. The summed E-state index contributed by atoms with van der Waals surface area (Å²) in [5.74, 6) is 0.164. The van der Waals surface area contributed by atoms with E-state index in [1.54, 1.807) is 24.3 Å². The minimum atomic E-state index is -0.254. The molecule has 1 fully saturated rings. The van der Waals surface area contributed by atoms with E-state index in [-0.39, 0.29) is 11.8 Å². The van der Waals surface area contributed by atoms with Gasteiger partial charge in [0.15, 0.2) is 4.34 Å². The summed E-state index contributed by atoms with van der Waals surface area (Å²) in [7, 11) is 0. The minimum absolute atomic E-state index is 0.0504. The molecular weight excluding hydrogens is 402 g/mol. The first-order valence-corrected chi connectivity index (χ1v) is 10.6. The standard InChI is InChI=1S/C19H16ClN3O2S2/c20-14-4-2-1-3-13(14)18(25)22-12-7-8-15-16(9-12)27-19(23-15)26-10-17(24)21-11-5-6-11/h1-4,7-9,11H,5-6,10H2,(H,21,24)(H,22,25). The monoisotopic (exact) mass is 417 g/mol. The Balaban J connectivity index is 1.43. The molecule has 138 valence electrons. The fraction of sp³-hybridized carbons (Fsp3) is 0.211. The molecule has 2 N–H and O–H groups in total. The normalized spacial score (nSPS) is 13.5. The summed E-state index contributed by atoms with van der Waals surface area (Å²) >= 11 is 9.02. The molecule has 1 heterocycles. The van der Waals surface area contributed by atoms with E-state index < -0.39 is 0 Å². The van der Waals surface area contributed by atoms with E-state index in [4.69, 9.17) is 11.6 Å². The van der Waals surface area contributed by atoms with Gasteiger partial charge in [-0.2, -0.15) is 0 Å². The second-order valence-electron chi connectivity index (χ2n) is 6.23. The number of hydrogen-bond donors (Lipinski definition) is 2. The van der Waals surface area contributed by atoms with Gasteiger partial charge in [0.05, 0.1) is 26.6 Å². The molecule has 0 atom stereocenters. The molecule has 2 aromatic carbocycles. The highest BCUT2D eigenvalue weighted by Gasteiger charge is 2.23. The molecule has 0 saturated heterocycles. The van der Waals surface area contributed by atoms with Crippen LogP contribution in [0.25, 0.3) is 10.2 Å². The average molecular weight is 418 g/mol. The van der Waals surface area contributed by atoms with Crippen molar-refractivity contribution in [1.82, 2.24) is 10.3 Å². The molecule has 8 heteroatoms. The maximum absolute atomic E-state index is 12.4. The van der Waals surface area contributed by atoms with Crippen LogP contribution in [0.2, 0.25) is 5.02 Å². The lowest BCUT2D eigenvalue weighted by molar-refractivity contribution is -0.118. The highest BCUT2D eigenvalue weighted by Crippen LogP contribution is 2.31. The number of hydrogen-bond acceptors (Lipinski definition) is 5. The van der Waals surface area contributed by atoms with Gasteiger partial charge in [0.1, 0.15) is 0 Å². The lowest BCUT2D eigenvalue weighted by atomic mass is 10.2. The van der Waals surface area contributed by atoms with Crippen molar-refractivity contribution in [2.75, 3.05) is 11.1 Å². The Labute approximate surface area is 169 Å². The smallest absolute Gasteiger partial charge is 0.257 e. The Bertz CT molecular complexity index is 1020. The predicted octanol–water partition coefficient (Wildman–Crippen LogP) is 4.57. The van der Waals surface area contributed by atoms with Gasteiger partial charge in [-0.1, -0.05) is 35.5 Å². The van der Waals surface area contributed by atoms with Crippen LogP contribution in [0.3, 0.4) is 0 Å². The van der Waals surface area contributed by atoms with Crippen molar-refractivity contribution in [3.8, 4) is 0 Å². The zero-order chi connectivity index (χ0) is 18.8. The molecule has 0 aliphatic heterocycles. The maximum atomic E-state index is 12.4. The van der Waals surface area contributed by atoms with Crippen molar-refractivity contribution >= 4 is 62.4 Å². The Morgan fingerprint density at radius 2 is 2.04 bits per heavy atom.